The second-order valence-corrected chi connectivity index (χ2v) is 5.67. The van der Waals surface area contributed by atoms with Crippen molar-refractivity contribution in [2.75, 3.05) is 7.05 Å². The highest BCUT2D eigenvalue weighted by Gasteiger charge is 2.12. The molecule has 2 rings (SSSR count). The topological polar surface area (TPSA) is 21.3 Å². The van der Waals surface area contributed by atoms with E-state index in [1.54, 1.807) is 19.2 Å². The molecule has 0 aromatic heterocycles. The summed E-state index contributed by atoms with van der Waals surface area (Å²) in [5.74, 6) is -0.0579. The van der Waals surface area contributed by atoms with Gasteiger partial charge in [-0.05, 0) is 55.9 Å². The van der Waals surface area contributed by atoms with E-state index in [9.17, 15) is 8.78 Å². The number of ether oxygens (including phenoxy) is 1. The largest absolute Gasteiger partial charge is 0.489 e. The highest BCUT2D eigenvalue weighted by molar-refractivity contribution is 9.10. The fourth-order valence-corrected chi connectivity index (χ4v) is 2.51. The fourth-order valence-electron chi connectivity index (χ4n) is 2.00. The van der Waals surface area contributed by atoms with Crippen molar-refractivity contribution in [3.8, 4) is 5.75 Å². The molecule has 0 aliphatic rings. The van der Waals surface area contributed by atoms with Crippen molar-refractivity contribution in [1.29, 1.82) is 0 Å². The van der Waals surface area contributed by atoms with Crippen molar-refractivity contribution in [3.05, 3.63) is 63.6 Å². The van der Waals surface area contributed by atoms with Crippen LogP contribution in [-0.4, -0.2) is 7.05 Å². The molecule has 0 aliphatic heterocycles. The molecule has 2 aromatic rings. The molecule has 1 atom stereocenters. The Kier molecular flexibility index (Phi) is 5.31. The molecule has 0 amide bonds. The maximum atomic E-state index is 13.4. The van der Waals surface area contributed by atoms with Crippen LogP contribution in [0.15, 0.2) is 40.9 Å². The summed E-state index contributed by atoms with van der Waals surface area (Å²) in [7, 11) is 1.79. The SMILES string of the molecule is CNC(C)c1cc(F)ccc1OCc1cc(F)cc(Br)c1. The van der Waals surface area contributed by atoms with Crippen molar-refractivity contribution < 1.29 is 13.5 Å². The monoisotopic (exact) mass is 355 g/mol. The minimum Gasteiger partial charge on any atom is -0.489 e. The first-order valence-electron chi connectivity index (χ1n) is 6.54. The van der Waals surface area contributed by atoms with Gasteiger partial charge in [-0.25, -0.2) is 8.78 Å². The van der Waals surface area contributed by atoms with Gasteiger partial charge in [0.15, 0.2) is 0 Å². The first-order valence-corrected chi connectivity index (χ1v) is 7.33. The normalized spacial score (nSPS) is 12.2. The van der Waals surface area contributed by atoms with Crippen LogP contribution < -0.4 is 10.1 Å². The predicted octanol–water partition coefficient (Wildman–Crippen LogP) is 4.59. The first kappa shape index (κ1) is 15.9. The molecule has 0 spiro atoms. The van der Waals surface area contributed by atoms with Gasteiger partial charge in [-0.2, -0.15) is 0 Å². The lowest BCUT2D eigenvalue weighted by Crippen LogP contribution is -2.14. The molecule has 0 radical (unpaired) electrons. The minimum atomic E-state index is -0.328. The zero-order chi connectivity index (χ0) is 15.4. The fraction of sp³-hybridized carbons (Fsp3) is 0.250. The van der Waals surface area contributed by atoms with Crippen molar-refractivity contribution >= 4 is 15.9 Å². The summed E-state index contributed by atoms with van der Waals surface area (Å²) in [5, 5.41) is 3.05. The quantitative estimate of drug-likeness (QED) is 0.846. The average molecular weight is 356 g/mol. The molecule has 0 bridgehead atoms. The summed E-state index contributed by atoms with van der Waals surface area (Å²) in [6.45, 7) is 2.13. The van der Waals surface area contributed by atoms with Crippen LogP contribution in [0.3, 0.4) is 0 Å². The molecule has 0 aliphatic carbocycles. The second-order valence-electron chi connectivity index (χ2n) is 4.76. The molecule has 21 heavy (non-hydrogen) atoms. The van der Waals surface area contributed by atoms with Crippen molar-refractivity contribution in [3.63, 3.8) is 0 Å². The van der Waals surface area contributed by atoms with Gasteiger partial charge >= 0.3 is 0 Å². The van der Waals surface area contributed by atoms with E-state index in [0.29, 0.717) is 15.8 Å². The maximum Gasteiger partial charge on any atom is 0.124 e. The van der Waals surface area contributed by atoms with E-state index in [2.05, 4.69) is 21.2 Å². The van der Waals surface area contributed by atoms with E-state index in [0.717, 1.165) is 5.56 Å². The Morgan fingerprint density at radius 1 is 1.14 bits per heavy atom. The van der Waals surface area contributed by atoms with Crippen LogP contribution in [0, 0.1) is 11.6 Å². The number of hydrogen-bond acceptors (Lipinski definition) is 2. The zero-order valence-electron chi connectivity index (χ0n) is 11.8. The van der Waals surface area contributed by atoms with E-state index in [4.69, 9.17) is 4.74 Å². The van der Waals surface area contributed by atoms with Gasteiger partial charge in [0.2, 0.25) is 0 Å². The maximum absolute atomic E-state index is 13.4. The number of nitrogens with one attached hydrogen (secondary N) is 1. The third-order valence-electron chi connectivity index (χ3n) is 3.19. The first-order chi connectivity index (χ1) is 9.99. The third-order valence-corrected chi connectivity index (χ3v) is 3.65. The molecule has 112 valence electrons. The average Bonchev–Trinajstić information content (AvgIpc) is 2.44. The van der Waals surface area contributed by atoms with Crippen LogP contribution in [0.4, 0.5) is 8.78 Å². The molecule has 2 aromatic carbocycles. The van der Waals surface area contributed by atoms with Crippen molar-refractivity contribution in [1.82, 2.24) is 5.32 Å². The Labute approximate surface area is 131 Å². The highest BCUT2D eigenvalue weighted by Crippen LogP contribution is 2.27. The van der Waals surface area contributed by atoms with Gasteiger partial charge in [0.25, 0.3) is 0 Å². The van der Waals surface area contributed by atoms with Crippen LogP contribution in [0.2, 0.25) is 0 Å². The predicted molar refractivity (Wildman–Crippen MR) is 82.3 cm³/mol. The standard InChI is InChI=1S/C16H16BrF2NO/c1-10(20-2)15-8-13(18)3-4-16(15)21-9-11-5-12(17)7-14(19)6-11/h3-8,10,20H,9H2,1-2H3. The van der Waals surface area contributed by atoms with E-state index >= 15 is 0 Å². The van der Waals surface area contributed by atoms with Crippen LogP contribution in [0.5, 0.6) is 5.75 Å². The van der Waals surface area contributed by atoms with Crippen LogP contribution in [0.25, 0.3) is 0 Å². The smallest absolute Gasteiger partial charge is 0.124 e. The molecular formula is C16H16BrF2NO. The highest BCUT2D eigenvalue weighted by atomic mass is 79.9. The van der Waals surface area contributed by atoms with Gasteiger partial charge in [-0.3, -0.25) is 0 Å². The molecular weight excluding hydrogens is 340 g/mol. The summed E-state index contributed by atoms with van der Waals surface area (Å²) in [4.78, 5) is 0. The number of hydrogen-bond donors (Lipinski definition) is 1. The van der Waals surface area contributed by atoms with Crippen LogP contribution in [0.1, 0.15) is 24.1 Å². The summed E-state index contributed by atoms with van der Waals surface area (Å²) in [5.41, 5.74) is 1.43. The summed E-state index contributed by atoms with van der Waals surface area (Å²) >= 11 is 3.24. The molecule has 0 heterocycles. The van der Waals surface area contributed by atoms with Gasteiger partial charge in [0.05, 0.1) is 0 Å². The van der Waals surface area contributed by atoms with Gasteiger partial charge in [0, 0.05) is 16.1 Å². The van der Waals surface area contributed by atoms with E-state index in [1.165, 1.54) is 24.3 Å². The van der Waals surface area contributed by atoms with Crippen LogP contribution in [-0.2, 0) is 6.61 Å². The molecule has 0 fully saturated rings. The molecule has 2 nitrogen and oxygen atoms in total. The van der Waals surface area contributed by atoms with Gasteiger partial charge in [-0.1, -0.05) is 15.9 Å². The number of benzene rings is 2. The van der Waals surface area contributed by atoms with Gasteiger partial charge in [-0.15, -0.1) is 0 Å². The summed E-state index contributed by atoms with van der Waals surface area (Å²) in [6, 6.07) is 8.92. The Balaban J connectivity index is 2.19. The lowest BCUT2D eigenvalue weighted by atomic mass is 10.1. The molecule has 1 unspecified atom stereocenters. The van der Waals surface area contributed by atoms with Crippen LogP contribution >= 0.6 is 15.9 Å². The van der Waals surface area contributed by atoms with Crippen molar-refractivity contribution in [2.24, 2.45) is 0 Å². The molecule has 0 saturated carbocycles. The molecule has 1 N–H and O–H groups in total. The second kappa shape index (κ2) is 7.00. The van der Waals surface area contributed by atoms with E-state index in [-0.39, 0.29) is 24.3 Å². The lowest BCUT2D eigenvalue weighted by Gasteiger charge is -2.17. The molecule has 5 heteroatoms. The lowest BCUT2D eigenvalue weighted by molar-refractivity contribution is 0.299. The number of rotatable bonds is 5. The molecule has 0 saturated heterocycles. The Bertz CT molecular complexity index is 613. The van der Waals surface area contributed by atoms with E-state index in [1.807, 2.05) is 6.92 Å². The Morgan fingerprint density at radius 2 is 1.90 bits per heavy atom. The summed E-state index contributed by atoms with van der Waals surface area (Å²) < 4.78 is 33.1. The zero-order valence-corrected chi connectivity index (χ0v) is 13.4. The Morgan fingerprint density at radius 3 is 2.57 bits per heavy atom. The van der Waals surface area contributed by atoms with E-state index < -0.39 is 0 Å². The van der Waals surface area contributed by atoms with Gasteiger partial charge < -0.3 is 10.1 Å². The minimum absolute atomic E-state index is 0.0463. The van der Waals surface area contributed by atoms with Gasteiger partial charge in [0.1, 0.15) is 24.0 Å². The van der Waals surface area contributed by atoms with Crippen molar-refractivity contribution in [2.45, 2.75) is 19.6 Å². The third kappa shape index (κ3) is 4.25. The number of halogens is 3. The summed E-state index contributed by atoms with van der Waals surface area (Å²) in [6.07, 6.45) is 0. The Hall–Kier alpha value is -1.46.